The lowest BCUT2D eigenvalue weighted by Gasteiger charge is -2.24. The van der Waals surface area contributed by atoms with E-state index in [4.69, 9.17) is 16.3 Å². The van der Waals surface area contributed by atoms with Crippen LogP contribution in [-0.4, -0.2) is 30.6 Å². The molecule has 9 heteroatoms. The van der Waals surface area contributed by atoms with E-state index in [1.807, 2.05) is 0 Å². The molecule has 0 aliphatic carbocycles. The first-order chi connectivity index (χ1) is 12.8. The SMILES string of the molecule is O=C(NCCNc1ccc(C(F)(F)F)cn1)C1COc2ccc(Cl)cc2C1. The van der Waals surface area contributed by atoms with Crippen molar-refractivity contribution in [3.63, 3.8) is 0 Å². The van der Waals surface area contributed by atoms with Gasteiger partial charge in [-0.1, -0.05) is 11.6 Å². The molecule has 0 saturated heterocycles. The van der Waals surface area contributed by atoms with E-state index in [9.17, 15) is 18.0 Å². The van der Waals surface area contributed by atoms with Crippen LogP contribution in [0.25, 0.3) is 0 Å². The van der Waals surface area contributed by atoms with E-state index in [-0.39, 0.29) is 18.4 Å². The predicted molar refractivity (Wildman–Crippen MR) is 94.9 cm³/mol. The predicted octanol–water partition coefficient (Wildman–Crippen LogP) is 3.53. The molecule has 5 nitrogen and oxygen atoms in total. The van der Waals surface area contributed by atoms with Gasteiger partial charge in [0.1, 0.15) is 18.2 Å². The first-order valence-corrected chi connectivity index (χ1v) is 8.67. The third-order valence-electron chi connectivity index (χ3n) is 4.12. The Balaban J connectivity index is 1.44. The first-order valence-electron chi connectivity index (χ1n) is 8.29. The minimum atomic E-state index is -4.41. The molecular weight excluding hydrogens is 383 g/mol. The van der Waals surface area contributed by atoms with Gasteiger partial charge in [0.05, 0.1) is 11.5 Å². The number of aromatic nitrogens is 1. The number of nitrogens with one attached hydrogen (secondary N) is 2. The molecule has 1 aliphatic rings. The summed E-state index contributed by atoms with van der Waals surface area (Å²) in [5, 5.41) is 6.23. The lowest BCUT2D eigenvalue weighted by atomic mass is 9.96. The highest BCUT2D eigenvalue weighted by molar-refractivity contribution is 6.30. The van der Waals surface area contributed by atoms with E-state index >= 15 is 0 Å². The average Bonchev–Trinajstić information content (AvgIpc) is 2.64. The maximum atomic E-state index is 12.5. The lowest BCUT2D eigenvalue weighted by Crippen LogP contribution is -2.39. The summed E-state index contributed by atoms with van der Waals surface area (Å²) in [4.78, 5) is 16.0. The molecule has 2 heterocycles. The van der Waals surface area contributed by atoms with Gasteiger partial charge in [0.15, 0.2) is 0 Å². The van der Waals surface area contributed by atoms with Crippen LogP contribution in [0.3, 0.4) is 0 Å². The summed E-state index contributed by atoms with van der Waals surface area (Å²) in [6.07, 6.45) is -3.11. The minimum absolute atomic E-state index is 0.150. The minimum Gasteiger partial charge on any atom is -0.492 e. The smallest absolute Gasteiger partial charge is 0.417 e. The molecule has 1 aliphatic heterocycles. The Hall–Kier alpha value is -2.48. The van der Waals surface area contributed by atoms with Crippen molar-refractivity contribution in [2.24, 2.45) is 5.92 Å². The highest BCUT2D eigenvalue weighted by Crippen LogP contribution is 2.30. The molecule has 3 rings (SSSR count). The highest BCUT2D eigenvalue weighted by Gasteiger charge is 2.30. The van der Waals surface area contributed by atoms with Crippen molar-refractivity contribution in [2.45, 2.75) is 12.6 Å². The van der Waals surface area contributed by atoms with Crippen LogP contribution in [0.1, 0.15) is 11.1 Å². The largest absolute Gasteiger partial charge is 0.492 e. The summed E-state index contributed by atoms with van der Waals surface area (Å²) < 4.78 is 43.0. The molecule has 0 fully saturated rings. The van der Waals surface area contributed by atoms with Gasteiger partial charge in [0.25, 0.3) is 0 Å². The number of anilines is 1. The molecule has 0 saturated carbocycles. The number of rotatable bonds is 5. The fourth-order valence-electron chi connectivity index (χ4n) is 2.72. The number of carbonyl (C=O) groups excluding carboxylic acids is 1. The number of nitrogens with zero attached hydrogens (tertiary/aromatic N) is 1. The van der Waals surface area contributed by atoms with Crippen molar-refractivity contribution < 1.29 is 22.7 Å². The molecular formula is C18H17ClF3N3O2. The van der Waals surface area contributed by atoms with Crippen LogP contribution in [0.5, 0.6) is 5.75 Å². The number of amides is 1. The number of hydrogen-bond acceptors (Lipinski definition) is 4. The van der Waals surface area contributed by atoms with Gasteiger partial charge >= 0.3 is 6.18 Å². The van der Waals surface area contributed by atoms with Gasteiger partial charge in [0, 0.05) is 24.3 Å². The van der Waals surface area contributed by atoms with E-state index in [0.29, 0.717) is 30.4 Å². The van der Waals surface area contributed by atoms with Crippen molar-refractivity contribution >= 4 is 23.3 Å². The lowest BCUT2D eigenvalue weighted by molar-refractivity contribution is -0.137. The monoisotopic (exact) mass is 399 g/mol. The van der Waals surface area contributed by atoms with Crippen LogP contribution in [-0.2, 0) is 17.4 Å². The summed E-state index contributed by atoms with van der Waals surface area (Å²) in [6, 6.07) is 7.51. The van der Waals surface area contributed by atoms with E-state index < -0.39 is 11.7 Å². The van der Waals surface area contributed by atoms with E-state index in [1.165, 1.54) is 6.07 Å². The second kappa shape index (κ2) is 8.04. The Morgan fingerprint density at radius 3 is 2.78 bits per heavy atom. The normalized spacial score (nSPS) is 16.2. The molecule has 1 amide bonds. The highest BCUT2D eigenvalue weighted by atomic mass is 35.5. The van der Waals surface area contributed by atoms with Crippen LogP contribution in [0.2, 0.25) is 5.02 Å². The maximum absolute atomic E-state index is 12.5. The number of ether oxygens (including phenoxy) is 1. The van der Waals surface area contributed by atoms with Crippen LogP contribution in [0.15, 0.2) is 36.5 Å². The zero-order valence-electron chi connectivity index (χ0n) is 14.1. The second-order valence-electron chi connectivity index (χ2n) is 6.11. The molecule has 0 spiro atoms. The Morgan fingerprint density at radius 2 is 2.07 bits per heavy atom. The number of pyridine rings is 1. The Labute approximate surface area is 158 Å². The molecule has 2 aromatic rings. The molecule has 1 aromatic carbocycles. The summed E-state index contributed by atoms with van der Waals surface area (Å²) in [5.41, 5.74) is 0.0833. The van der Waals surface area contributed by atoms with E-state index in [2.05, 4.69) is 15.6 Å². The molecule has 144 valence electrons. The van der Waals surface area contributed by atoms with Crippen LogP contribution >= 0.6 is 11.6 Å². The van der Waals surface area contributed by atoms with Gasteiger partial charge < -0.3 is 15.4 Å². The van der Waals surface area contributed by atoms with Crippen LogP contribution < -0.4 is 15.4 Å². The quantitative estimate of drug-likeness (QED) is 0.755. The number of hydrogen-bond donors (Lipinski definition) is 2. The zero-order chi connectivity index (χ0) is 19.4. The third-order valence-corrected chi connectivity index (χ3v) is 4.36. The number of benzene rings is 1. The van der Waals surface area contributed by atoms with E-state index in [1.54, 1.807) is 18.2 Å². The fourth-order valence-corrected chi connectivity index (χ4v) is 2.91. The number of alkyl halides is 3. The average molecular weight is 400 g/mol. The van der Waals surface area contributed by atoms with Gasteiger partial charge in [-0.05, 0) is 42.3 Å². The maximum Gasteiger partial charge on any atom is 0.417 e. The van der Waals surface area contributed by atoms with Crippen molar-refractivity contribution in [2.75, 3.05) is 25.0 Å². The molecule has 2 N–H and O–H groups in total. The third kappa shape index (κ3) is 5.03. The van der Waals surface area contributed by atoms with Crippen molar-refractivity contribution in [3.8, 4) is 5.75 Å². The van der Waals surface area contributed by atoms with Gasteiger partial charge in [0.2, 0.25) is 5.91 Å². The molecule has 1 unspecified atom stereocenters. The Bertz CT molecular complexity index is 812. The summed E-state index contributed by atoms with van der Waals surface area (Å²) in [7, 11) is 0. The molecule has 1 aromatic heterocycles. The Morgan fingerprint density at radius 1 is 1.26 bits per heavy atom. The fraction of sp³-hybridized carbons (Fsp3) is 0.333. The zero-order valence-corrected chi connectivity index (χ0v) is 14.9. The molecule has 0 radical (unpaired) electrons. The van der Waals surface area contributed by atoms with E-state index in [0.717, 1.165) is 23.6 Å². The van der Waals surface area contributed by atoms with Gasteiger partial charge in [-0.3, -0.25) is 4.79 Å². The van der Waals surface area contributed by atoms with Crippen molar-refractivity contribution in [3.05, 3.63) is 52.7 Å². The summed E-state index contributed by atoms with van der Waals surface area (Å²) in [6.45, 7) is 0.925. The van der Waals surface area contributed by atoms with Crippen molar-refractivity contribution in [1.82, 2.24) is 10.3 Å². The van der Waals surface area contributed by atoms with Crippen LogP contribution in [0, 0.1) is 5.92 Å². The first kappa shape index (κ1) is 19.3. The summed E-state index contributed by atoms with van der Waals surface area (Å²) >= 11 is 5.97. The van der Waals surface area contributed by atoms with Gasteiger partial charge in [-0.25, -0.2) is 4.98 Å². The van der Waals surface area contributed by atoms with Gasteiger partial charge in [-0.15, -0.1) is 0 Å². The van der Waals surface area contributed by atoms with Crippen LogP contribution in [0.4, 0.5) is 19.0 Å². The molecule has 1 atom stereocenters. The number of fused-ring (bicyclic) bond motifs is 1. The topological polar surface area (TPSA) is 63.2 Å². The molecule has 0 bridgehead atoms. The summed E-state index contributed by atoms with van der Waals surface area (Å²) in [5.74, 6) is 0.572. The Kier molecular flexibility index (Phi) is 5.74. The number of halogens is 4. The van der Waals surface area contributed by atoms with Gasteiger partial charge in [-0.2, -0.15) is 13.2 Å². The molecule has 27 heavy (non-hydrogen) atoms. The number of carbonyl (C=O) groups is 1. The second-order valence-corrected chi connectivity index (χ2v) is 6.55. The van der Waals surface area contributed by atoms with Crippen molar-refractivity contribution in [1.29, 1.82) is 0 Å². The standard InChI is InChI=1S/C18H17ClF3N3O2/c19-14-2-3-15-11(8-14)7-12(10-27-15)17(26)24-6-5-23-16-4-1-13(9-25-16)18(20,21)22/h1-4,8-9,12H,5-7,10H2,(H,23,25)(H,24,26).